The average molecular weight is 254 g/mol. The molecule has 1 fully saturated rings. The predicted molar refractivity (Wildman–Crippen MR) is 61.2 cm³/mol. The number of anilines is 1. The highest BCUT2D eigenvalue weighted by molar-refractivity contribution is 5.93. The van der Waals surface area contributed by atoms with Crippen LogP contribution in [0.5, 0.6) is 0 Å². The van der Waals surface area contributed by atoms with E-state index in [2.05, 4.69) is 5.32 Å². The number of nitro groups is 1. The van der Waals surface area contributed by atoms with E-state index >= 15 is 0 Å². The molecule has 1 aromatic carbocycles. The van der Waals surface area contributed by atoms with E-state index in [0.29, 0.717) is 12.0 Å². The summed E-state index contributed by atoms with van der Waals surface area (Å²) < 4.78 is 13.6. The van der Waals surface area contributed by atoms with Crippen LogP contribution in [0.3, 0.4) is 0 Å². The molecule has 0 aromatic heterocycles. The molecule has 18 heavy (non-hydrogen) atoms. The number of carboxylic acids is 1. The van der Waals surface area contributed by atoms with Gasteiger partial charge in [0, 0.05) is 6.04 Å². The van der Waals surface area contributed by atoms with E-state index in [1.54, 1.807) is 0 Å². The molecule has 2 rings (SSSR count). The molecule has 2 N–H and O–H groups in total. The minimum absolute atomic E-state index is 0.00708. The quantitative estimate of drug-likeness (QED) is 0.635. The largest absolute Gasteiger partial charge is 0.477 e. The van der Waals surface area contributed by atoms with Gasteiger partial charge in [0.15, 0.2) is 5.82 Å². The lowest BCUT2D eigenvalue weighted by molar-refractivity contribution is -0.385. The Bertz CT molecular complexity index is 532. The van der Waals surface area contributed by atoms with Gasteiger partial charge in [-0.1, -0.05) is 6.92 Å². The van der Waals surface area contributed by atoms with Crippen molar-refractivity contribution >= 4 is 17.3 Å². The van der Waals surface area contributed by atoms with Crippen LogP contribution in [-0.2, 0) is 0 Å². The van der Waals surface area contributed by atoms with Crippen LogP contribution in [0.25, 0.3) is 0 Å². The molecule has 2 unspecified atom stereocenters. The van der Waals surface area contributed by atoms with Crippen LogP contribution in [0.4, 0.5) is 15.8 Å². The number of hydrogen-bond donors (Lipinski definition) is 2. The highest BCUT2D eigenvalue weighted by atomic mass is 19.1. The third-order valence-electron chi connectivity index (χ3n) is 2.96. The Hall–Kier alpha value is -2.18. The summed E-state index contributed by atoms with van der Waals surface area (Å²) in [5.41, 5.74) is -1.26. The van der Waals surface area contributed by atoms with E-state index in [-0.39, 0.29) is 11.7 Å². The summed E-state index contributed by atoms with van der Waals surface area (Å²) in [5.74, 6) is -1.87. The van der Waals surface area contributed by atoms with Crippen molar-refractivity contribution in [2.24, 2.45) is 5.92 Å². The molecule has 2 atom stereocenters. The first-order chi connectivity index (χ1) is 8.40. The minimum Gasteiger partial charge on any atom is -0.477 e. The minimum atomic E-state index is -1.45. The van der Waals surface area contributed by atoms with Crippen LogP contribution < -0.4 is 5.32 Å². The molecule has 1 aliphatic carbocycles. The second kappa shape index (κ2) is 4.25. The summed E-state index contributed by atoms with van der Waals surface area (Å²) >= 11 is 0. The number of carbonyl (C=O) groups is 1. The van der Waals surface area contributed by atoms with Crippen LogP contribution >= 0.6 is 0 Å². The Morgan fingerprint density at radius 3 is 2.67 bits per heavy atom. The van der Waals surface area contributed by atoms with Gasteiger partial charge in [0.05, 0.1) is 16.7 Å². The van der Waals surface area contributed by atoms with Crippen LogP contribution in [0, 0.1) is 21.8 Å². The first kappa shape index (κ1) is 12.3. The number of benzene rings is 1. The summed E-state index contributed by atoms with van der Waals surface area (Å²) in [6, 6.07) is 1.71. The number of hydrogen-bond acceptors (Lipinski definition) is 4. The molecule has 0 bridgehead atoms. The Morgan fingerprint density at radius 2 is 2.22 bits per heavy atom. The summed E-state index contributed by atoms with van der Waals surface area (Å²) in [7, 11) is 0. The first-order valence-corrected chi connectivity index (χ1v) is 5.38. The Balaban J connectivity index is 2.39. The molecule has 6 nitrogen and oxygen atoms in total. The van der Waals surface area contributed by atoms with Crippen molar-refractivity contribution in [2.75, 3.05) is 5.32 Å². The van der Waals surface area contributed by atoms with E-state index < -0.39 is 28.0 Å². The zero-order valence-electron chi connectivity index (χ0n) is 9.51. The third kappa shape index (κ3) is 2.24. The summed E-state index contributed by atoms with van der Waals surface area (Å²) in [4.78, 5) is 20.6. The van der Waals surface area contributed by atoms with Gasteiger partial charge in [-0.25, -0.2) is 9.18 Å². The second-order valence-corrected chi connectivity index (χ2v) is 4.38. The van der Waals surface area contributed by atoms with Gasteiger partial charge in [-0.15, -0.1) is 0 Å². The molecule has 96 valence electrons. The second-order valence-electron chi connectivity index (χ2n) is 4.38. The number of aromatic carboxylic acids is 1. The molecule has 1 aliphatic rings. The van der Waals surface area contributed by atoms with Gasteiger partial charge in [0.2, 0.25) is 0 Å². The standard InChI is InChI=1S/C11H11FN2O4/c1-5-2-8(5)13-9-3-6(11(15)16)10(14(17)18)4-7(9)12/h3-5,8,13H,2H2,1H3,(H,15,16). The van der Waals surface area contributed by atoms with E-state index in [1.807, 2.05) is 6.92 Å². The molecular weight excluding hydrogens is 243 g/mol. The van der Waals surface area contributed by atoms with Gasteiger partial charge < -0.3 is 10.4 Å². The van der Waals surface area contributed by atoms with Crippen molar-refractivity contribution in [2.45, 2.75) is 19.4 Å². The van der Waals surface area contributed by atoms with Crippen LogP contribution in [-0.4, -0.2) is 22.0 Å². The average Bonchev–Trinajstić information content (AvgIpc) is 2.96. The summed E-state index contributed by atoms with van der Waals surface area (Å²) in [5, 5.41) is 22.3. The molecule has 0 aliphatic heterocycles. The zero-order chi connectivity index (χ0) is 13.4. The number of halogens is 1. The Labute approximate surface area is 102 Å². The lowest BCUT2D eigenvalue weighted by atomic mass is 10.1. The maximum absolute atomic E-state index is 13.6. The molecule has 0 radical (unpaired) electrons. The molecular formula is C11H11FN2O4. The van der Waals surface area contributed by atoms with Crippen molar-refractivity contribution in [1.82, 2.24) is 0 Å². The fraction of sp³-hybridized carbons (Fsp3) is 0.364. The maximum atomic E-state index is 13.6. The smallest absolute Gasteiger partial charge is 0.342 e. The molecule has 0 amide bonds. The van der Waals surface area contributed by atoms with Crippen molar-refractivity contribution in [3.05, 3.63) is 33.6 Å². The molecule has 1 saturated carbocycles. The fourth-order valence-corrected chi connectivity index (χ4v) is 1.72. The van der Waals surface area contributed by atoms with Crippen molar-refractivity contribution in [3.63, 3.8) is 0 Å². The predicted octanol–water partition coefficient (Wildman–Crippen LogP) is 2.25. The van der Waals surface area contributed by atoms with Gasteiger partial charge in [-0.2, -0.15) is 0 Å². The highest BCUT2D eigenvalue weighted by Crippen LogP contribution is 2.35. The lowest BCUT2D eigenvalue weighted by Gasteiger charge is -2.08. The SMILES string of the molecule is CC1CC1Nc1cc(C(=O)O)c([N+](=O)[O-])cc1F. The number of nitrogens with one attached hydrogen (secondary N) is 1. The highest BCUT2D eigenvalue weighted by Gasteiger charge is 2.34. The summed E-state index contributed by atoms with van der Waals surface area (Å²) in [6.45, 7) is 1.97. The van der Waals surface area contributed by atoms with Crippen LogP contribution in [0.1, 0.15) is 23.7 Å². The van der Waals surface area contributed by atoms with Gasteiger partial charge in [0.1, 0.15) is 5.56 Å². The number of nitro benzene ring substituents is 1. The first-order valence-electron chi connectivity index (χ1n) is 5.38. The molecule has 7 heteroatoms. The molecule has 0 spiro atoms. The van der Waals surface area contributed by atoms with Crippen LogP contribution in [0.2, 0.25) is 0 Å². The topological polar surface area (TPSA) is 92.5 Å². The Morgan fingerprint density at radius 1 is 1.61 bits per heavy atom. The van der Waals surface area contributed by atoms with E-state index in [9.17, 15) is 19.3 Å². The number of nitrogens with zero attached hydrogens (tertiary/aromatic N) is 1. The van der Waals surface area contributed by atoms with E-state index in [1.165, 1.54) is 0 Å². The number of rotatable bonds is 4. The fourth-order valence-electron chi connectivity index (χ4n) is 1.72. The normalized spacial score (nSPS) is 21.4. The lowest BCUT2D eigenvalue weighted by Crippen LogP contribution is -2.09. The Kier molecular flexibility index (Phi) is 2.90. The van der Waals surface area contributed by atoms with Crippen molar-refractivity contribution in [1.29, 1.82) is 0 Å². The van der Waals surface area contributed by atoms with E-state index in [4.69, 9.17) is 5.11 Å². The molecule has 1 aromatic rings. The maximum Gasteiger partial charge on any atom is 0.342 e. The zero-order valence-corrected chi connectivity index (χ0v) is 9.51. The monoisotopic (exact) mass is 254 g/mol. The van der Waals surface area contributed by atoms with Crippen molar-refractivity contribution in [3.8, 4) is 0 Å². The summed E-state index contributed by atoms with van der Waals surface area (Å²) in [6.07, 6.45) is 0.874. The van der Waals surface area contributed by atoms with Crippen LogP contribution in [0.15, 0.2) is 12.1 Å². The third-order valence-corrected chi connectivity index (χ3v) is 2.96. The van der Waals surface area contributed by atoms with Gasteiger partial charge in [0.25, 0.3) is 5.69 Å². The van der Waals surface area contributed by atoms with Crippen molar-refractivity contribution < 1.29 is 19.2 Å². The molecule has 0 saturated heterocycles. The van der Waals surface area contributed by atoms with Gasteiger partial charge >= 0.3 is 5.97 Å². The number of carboxylic acid groups (broad SMARTS) is 1. The van der Waals surface area contributed by atoms with Gasteiger partial charge in [-0.3, -0.25) is 10.1 Å². The van der Waals surface area contributed by atoms with E-state index in [0.717, 1.165) is 12.5 Å². The molecule has 0 heterocycles. The van der Waals surface area contributed by atoms with Gasteiger partial charge in [-0.05, 0) is 18.4 Å².